The van der Waals surface area contributed by atoms with Crippen LogP contribution in [0.4, 0.5) is 11.5 Å². The SMILES string of the molecule is CC(C)(CC(N)=O)Nc1ncc(Cl)cc1N. The summed E-state index contributed by atoms with van der Waals surface area (Å²) in [6, 6.07) is 1.59. The Morgan fingerprint density at radius 2 is 2.25 bits per heavy atom. The van der Waals surface area contributed by atoms with Crippen molar-refractivity contribution < 1.29 is 4.79 Å². The summed E-state index contributed by atoms with van der Waals surface area (Å²) >= 11 is 5.73. The predicted octanol–water partition coefficient (Wildman–Crippen LogP) is 1.38. The van der Waals surface area contributed by atoms with E-state index in [0.717, 1.165) is 0 Å². The third kappa shape index (κ3) is 3.58. The molecule has 1 aromatic heterocycles. The van der Waals surface area contributed by atoms with Crippen LogP contribution in [0.2, 0.25) is 5.02 Å². The van der Waals surface area contributed by atoms with E-state index >= 15 is 0 Å². The summed E-state index contributed by atoms with van der Waals surface area (Å²) in [6.07, 6.45) is 1.68. The van der Waals surface area contributed by atoms with E-state index in [1.165, 1.54) is 6.20 Å². The number of primary amides is 1. The molecule has 0 fully saturated rings. The van der Waals surface area contributed by atoms with Crippen molar-refractivity contribution in [2.24, 2.45) is 5.73 Å². The highest BCUT2D eigenvalue weighted by Crippen LogP contribution is 2.23. The first-order chi connectivity index (χ1) is 7.30. The van der Waals surface area contributed by atoms with E-state index in [0.29, 0.717) is 16.5 Å². The largest absolute Gasteiger partial charge is 0.396 e. The molecule has 1 amide bonds. The van der Waals surface area contributed by atoms with Gasteiger partial charge in [0.1, 0.15) is 5.82 Å². The Morgan fingerprint density at radius 1 is 1.62 bits per heavy atom. The number of nitrogens with zero attached hydrogens (tertiary/aromatic N) is 1. The molecule has 1 rings (SSSR count). The summed E-state index contributed by atoms with van der Waals surface area (Å²) in [5, 5.41) is 3.52. The molecule has 0 atom stereocenters. The molecule has 0 aliphatic rings. The monoisotopic (exact) mass is 242 g/mol. The van der Waals surface area contributed by atoms with Gasteiger partial charge < -0.3 is 16.8 Å². The standard InChI is InChI=1S/C10H15ClN4O/c1-10(2,4-8(13)16)15-9-7(12)3-6(11)5-14-9/h3,5H,4,12H2,1-2H3,(H2,13,16)(H,14,15). The maximum absolute atomic E-state index is 10.9. The summed E-state index contributed by atoms with van der Waals surface area (Å²) in [5.41, 5.74) is 10.8. The fraction of sp³-hybridized carbons (Fsp3) is 0.400. The Kier molecular flexibility index (Phi) is 3.59. The molecule has 5 nitrogen and oxygen atoms in total. The van der Waals surface area contributed by atoms with Crippen LogP contribution >= 0.6 is 11.6 Å². The average molecular weight is 243 g/mol. The number of hydrogen-bond acceptors (Lipinski definition) is 4. The number of halogens is 1. The second kappa shape index (κ2) is 4.57. The van der Waals surface area contributed by atoms with Crippen LogP contribution in [0.1, 0.15) is 20.3 Å². The quantitative estimate of drug-likeness (QED) is 0.744. The summed E-state index contributed by atoms with van der Waals surface area (Å²) < 4.78 is 0. The number of nitrogen functional groups attached to an aromatic ring is 1. The second-order valence-electron chi connectivity index (χ2n) is 4.24. The van der Waals surface area contributed by atoms with Gasteiger partial charge in [-0.1, -0.05) is 11.6 Å². The van der Waals surface area contributed by atoms with Crippen molar-refractivity contribution in [3.8, 4) is 0 Å². The lowest BCUT2D eigenvalue weighted by atomic mass is 10.0. The molecule has 0 radical (unpaired) electrons. The first-order valence-electron chi connectivity index (χ1n) is 4.78. The topological polar surface area (TPSA) is 94.0 Å². The molecular weight excluding hydrogens is 228 g/mol. The molecule has 1 aromatic rings. The third-order valence-corrected chi connectivity index (χ3v) is 2.16. The molecule has 0 saturated carbocycles. The molecule has 6 heteroatoms. The molecule has 0 unspecified atom stereocenters. The van der Waals surface area contributed by atoms with Crippen LogP contribution in [0.15, 0.2) is 12.3 Å². The summed E-state index contributed by atoms with van der Waals surface area (Å²) in [6.45, 7) is 3.68. The Balaban J connectivity index is 2.83. The van der Waals surface area contributed by atoms with Gasteiger partial charge >= 0.3 is 0 Å². The lowest BCUT2D eigenvalue weighted by molar-refractivity contribution is -0.118. The minimum atomic E-state index is -0.499. The number of pyridine rings is 1. The molecule has 16 heavy (non-hydrogen) atoms. The Labute approximate surface area is 99.2 Å². The van der Waals surface area contributed by atoms with Crippen LogP contribution in [-0.2, 0) is 4.79 Å². The number of amides is 1. The van der Waals surface area contributed by atoms with E-state index in [4.69, 9.17) is 23.1 Å². The summed E-state index contributed by atoms with van der Waals surface area (Å²) in [7, 11) is 0. The van der Waals surface area contributed by atoms with E-state index in [2.05, 4.69) is 10.3 Å². The smallest absolute Gasteiger partial charge is 0.219 e. The second-order valence-corrected chi connectivity index (χ2v) is 4.68. The highest BCUT2D eigenvalue weighted by Gasteiger charge is 2.21. The zero-order chi connectivity index (χ0) is 12.3. The van der Waals surface area contributed by atoms with Crippen molar-refractivity contribution in [3.05, 3.63) is 17.3 Å². The van der Waals surface area contributed by atoms with Gasteiger partial charge in [-0.3, -0.25) is 4.79 Å². The van der Waals surface area contributed by atoms with Gasteiger partial charge in [-0.05, 0) is 19.9 Å². The molecule has 88 valence electrons. The van der Waals surface area contributed by atoms with E-state index in [9.17, 15) is 4.79 Å². The minimum Gasteiger partial charge on any atom is -0.396 e. The predicted molar refractivity (Wildman–Crippen MR) is 65.2 cm³/mol. The van der Waals surface area contributed by atoms with Crippen LogP contribution in [0.5, 0.6) is 0 Å². The number of rotatable bonds is 4. The molecule has 5 N–H and O–H groups in total. The third-order valence-electron chi connectivity index (χ3n) is 1.96. The summed E-state index contributed by atoms with van der Waals surface area (Å²) in [5.74, 6) is 0.112. The number of nitrogens with one attached hydrogen (secondary N) is 1. The van der Waals surface area contributed by atoms with E-state index in [1.807, 2.05) is 13.8 Å². The fourth-order valence-electron chi connectivity index (χ4n) is 1.36. The Morgan fingerprint density at radius 3 is 2.75 bits per heavy atom. The first-order valence-corrected chi connectivity index (χ1v) is 5.15. The lowest BCUT2D eigenvalue weighted by Crippen LogP contribution is -2.36. The minimum absolute atomic E-state index is 0.191. The van der Waals surface area contributed by atoms with Crippen molar-refractivity contribution in [2.45, 2.75) is 25.8 Å². The number of hydrogen-bond donors (Lipinski definition) is 3. The number of aromatic nitrogens is 1. The molecule has 0 saturated heterocycles. The van der Waals surface area contributed by atoms with Gasteiger partial charge in [0.2, 0.25) is 5.91 Å². The molecule has 1 heterocycles. The zero-order valence-corrected chi connectivity index (χ0v) is 10.0. The average Bonchev–Trinajstić information content (AvgIpc) is 2.07. The molecule has 0 aliphatic heterocycles. The fourth-order valence-corrected chi connectivity index (χ4v) is 1.53. The zero-order valence-electron chi connectivity index (χ0n) is 9.25. The van der Waals surface area contributed by atoms with Gasteiger partial charge in [0.25, 0.3) is 0 Å². The van der Waals surface area contributed by atoms with Crippen LogP contribution < -0.4 is 16.8 Å². The van der Waals surface area contributed by atoms with Gasteiger partial charge in [-0.15, -0.1) is 0 Å². The molecule has 0 bridgehead atoms. The van der Waals surface area contributed by atoms with E-state index in [1.54, 1.807) is 6.07 Å². The number of carbonyl (C=O) groups is 1. The van der Waals surface area contributed by atoms with Crippen molar-refractivity contribution in [3.63, 3.8) is 0 Å². The molecule has 0 spiro atoms. The van der Waals surface area contributed by atoms with E-state index in [-0.39, 0.29) is 12.3 Å². The van der Waals surface area contributed by atoms with Crippen LogP contribution in [-0.4, -0.2) is 16.4 Å². The van der Waals surface area contributed by atoms with Crippen LogP contribution in [0.3, 0.4) is 0 Å². The van der Waals surface area contributed by atoms with Gasteiger partial charge in [-0.2, -0.15) is 0 Å². The highest BCUT2D eigenvalue weighted by molar-refractivity contribution is 6.30. The maximum Gasteiger partial charge on any atom is 0.219 e. The van der Waals surface area contributed by atoms with Crippen molar-refractivity contribution in [1.82, 2.24) is 4.98 Å². The normalized spacial score (nSPS) is 11.2. The van der Waals surface area contributed by atoms with Crippen LogP contribution in [0.25, 0.3) is 0 Å². The summed E-state index contributed by atoms with van der Waals surface area (Å²) in [4.78, 5) is 14.9. The van der Waals surface area contributed by atoms with Gasteiger partial charge in [0, 0.05) is 18.2 Å². The molecular formula is C10H15ClN4O. The molecule has 0 aliphatic carbocycles. The van der Waals surface area contributed by atoms with Crippen molar-refractivity contribution >= 4 is 29.0 Å². The first kappa shape index (κ1) is 12.6. The van der Waals surface area contributed by atoms with Crippen LogP contribution in [0, 0.1) is 0 Å². The Bertz CT molecular complexity index is 406. The molecule has 0 aromatic carbocycles. The number of carbonyl (C=O) groups excluding carboxylic acids is 1. The van der Waals surface area contributed by atoms with Gasteiger partial charge in [-0.25, -0.2) is 4.98 Å². The Hall–Kier alpha value is -1.49. The highest BCUT2D eigenvalue weighted by atomic mass is 35.5. The van der Waals surface area contributed by atoms with E-state index < -0.39 is 5.54 Å². The lowest BCUT2D eigenvalue weighted by Gasteiger charge is -2.26. The van der Waals surface area contributed by atoms with Crippen molar-refractivity contribution in [2.75, 3.05) is 11.1 Å². The van der Waals surface area contributed by atoms with Gasteiger partial charge in [0.15, 0.2) is 0 Å². The number of nitrogens with two attached hydrogens (primary N) is 2. The maximum atomic E-state index is 10.9. The number of anilines is 2. The van der Waals surface area contributed by atoms with Crippen molar-refractivity contribution in [1.29, 1.82) is 0 Å². The van der Waals surface area contributed by atoms with Gasteiger partial charge in [0.05, 0.1) is 10.7 Å².